The molecule has 1 saturated carbocycles. The van der Waals surface area contributed by atoms with Gasteiger partial charge in [-0.25, -0.2) is 12.8 Å². The fourth-order valence-corrected chi connectivity index (χ4v) is 7.71. The Balaban J connectivity index is 1.48. The summed E-state index contributed by atoms with van der Waals surface area (Å²) >= 11 is 0. The Hall–Kier alpha value is -2.78. The number of likely N-dealkylation sites (N-methyl/N-ethyl adjacent to an activating group) is 1. The van der Waals surface area contributed by atoms with Crippen molar-refractivity contribution in [3.8, 4) is 0 Å². The number of rotatable bonds is 6. The number of anilines is 1. The topological polar surface area (TPSA) is 86.8 Å². The van der Waals surface area contributed by atoms with Crippen LogP contribution in [0.5, 0.6) is 0 Å². The van der Waals surface area contributed by atoms with Gasteiger partial charge >= 0.3 is 0 Å². The van der Waals surface area contributed by atoms with Crippen LogP contribution in [0.25, 0.3) is 0 Å². The largest absolute Gasteiger partial charge is 0.332 e. The van der Waals surface area contributed by atoms with Gasteiger partial charge in [-0.1, -0.05) is 32.9 Å². The van der Waals surface area contributed by atoms with Crippen molar-refractivity contribution in [1.29, 1.82) is 0 Å². The SMILES string of the molecule is CN(CC(=O)Nc1cccc(F)c1)C(=O)c1cccc(S(=O)(=O)N2C[C@]3(C)C[C@H]2CC(C)(C)C3)c1. The van der Waals surface area contributed by atoms with Crippen LogP contribution in [-0.2, 0) is 14.8 Å². The number of nitrogens with one attached hydrogen (secondary N) is 1. The number of halogens is 1. The van der Waals surface area contributed by atoms with Gasteiger partial charge in [-0.2, -0.15) is 4.31 Å². The quantitative estimate of drug-likeness (QED) is 0.645. The molecule has 2 aromatic carbocycles. The van der Waals surface area contributed by atoms with Gasteiger partial charge < -0.3 is 10.2 Å². The molecule has 2 bridgehead atoms. The number of sulfonamides is 1. The Bertz CT molecular complexity index is 1260. The van der Waals surface area contributed by atoms with Crippen molar-refractivity contribution >= 4 is 27.5 Å². The molecule has 0 radical (unpaired) electrons. The van der Waals surface area contributed by atoms with Crippen LogP contribution < -0.4 is 5.32 Å². The van der Waals surface area contributed by atoms with Crippen molar-refractivity contribution in [2.75, 3.05) is 25.5 Å². The molecular weight excluding hydrogens is 469 g/mol. The number of amides is 2. The molecule has 1 aliphatic heterocycles. The average molecular weight is 502 g/mol. The minimum absolute atomic E-state index is 0.0534. The van der Waals surface area contributed by atoms with E-state index in [9.17, 15) is 22.4 Å². The summed E-state index contributed by atoms with van der Waals surface area (Å²) in [5.74, 6) is -1.45. The predicted octanol–water partition coefficient (Wildman–Crippen LogP) is 4.13. The molecular formula is C26H32FN3O4S. The maximum atomic E-state index is 13.6. The van der Waals surface area contributed by atoms with E-state index < -0.39 is 27.7 Å². The number of fused-ring (bicyclic) bond motifs is 2. The molecule has 9 heteroatoms. The fraction of sp³-hybridized carbons (Fsp3) is 0.462. The van der Waals surface area contributed by atoms with E-state index in [2.05, 4.69) is 26.1 Å². The molecule has 0 spiro atoms. The number of hydrogen-bond donors (Lipinski definition) is 1. The predicted molar refractivity (Wildman–Crippen MR) is 132 cm³/mol. The van der Waals surface area contributed by atoms with Gasteiger partial charge in [0.05, 0.1) is 11.4 Å². The van der Waals surface area contributed by atoms with Crippen LogP contribution in [0.2, 0.25) is 0 Å². The first-order valence-electron chi connectivity index (χ1n) is 11.7. The summed E-state index contributed by atoms with van der Waals surface area (Å²) in [6, 6.07) is 11.4. The smallest absolute Gasteiger partial charge is 0.254 e. The van der Waals surface area contributed by atoms with E-state index in [1.165, 1.54) is 48.3 Å². The van der Waals surface area contributed by atoms with Crippen molar-refractivity contribution < 1.29 is 22.4 Å². The molecule has 1 N–H and O–H groups in total. The fourth-order valence-electron chi connectivity index (χ4n) is 5.89. The maximum absolute atomic E-state index is 13.6. The summed E-state index contributed by atoms with van der Waals surface area (Å²) in [6.45, 7) is 6.73. The van der Waals surface area contributed by atoms with E-state index in [-0.39, 0.29) is 39.6 Å². The molecule has 1 aliphatic carbocycles. The zero-order valence-electron chi connectivity index (χ0n) is 20.5. The van der Waals surface area contributed by atoms with E-state index in [4.69, 9.17) is 0 Å². The first kappa shape index (κ1) is 25.3. The van der Waals surface area contributed by atoms with E-state index in [1.54, 1.807) is 16.4 Å². The molecule has 0 unspecified atom stereocenters. The molecule has 2 atom stereocenters. The highest BCUT2D eigenvalue weighted by molar-refractivity contribution is 7.89. The van der Waals surface area contributed by atoms with Crippen LogP contribution in [0.1, 0.15) is 50.4 Å². The number of carbonyl (C=O) groups excluding carboxylic acids is 2. The molecule has 2 aliphatic rings. The lowest BCUT2D eigenvalue weighted by atomic mass is 9.65. The number of benzene rings is 2. The first-order chi connectivity index (χ1) is 16.3. The van der Waals surface area contributed by atoms with Crippen LogP contribution in [0, 0.1) is 16.6 Å². The van der Waals surface area contributed by atoms with Crippen LogP contribution in [-0.4, -0.2) is 55.6 Å². The van der Waals surface area contributed by atoms with Crippen molar-refractivity contribution in [3.63, 3.8) is 0 Å². The Labute approximate surface area is 206 Å². The third kappa shape index (κ3) is 5.41. The highest BCUT2D eigenvalue weighted by atomic mass is 32.2. The Morgan fingerprint density at radius 3 is 2.54 bits per heavy atom. The zero-order valence-corrected chi connectivity index (χ0v) is 21.4. The van der Waals surface area contributed by atoms with Crippen LogP contribution >= 0.6 is 0 Å². The number of nitrogens with zero attached hydrogens (tertiary/aromatic N) is 2. The molecule has 4 rings (SSSR count). The normalized spacial score (nSPS) is 23.6. The minimum atomic E-state index is -3.78. The average Bonchev–Trinajstić information content (AvgIpc) is 3.02. The van der Waals surface area contributed by atoms with Gasteiger partial charge in [0.15, 0.2) is 0 Å². The van der Waals surface area contributed by atoms with Gasteiger partial charge in [0, 0.05) is 30.9 Å². The Morgan fingerprint density at radius 1 is 1.11 bits per heavy atom. The van der Waals surface area contributed by atoms with Gasteiger partial charge in [-0.15, -0.1) is 0 Å². The Morgan fingerprint density at radius 2 is 1.83 bits per heavy atom. The Kier molecular flexibility index (Phi) is 6.53. The lowest BCUT2D eigenvalue weighted by Crippen LogP contribution is -2.38. The lowest BCUT2D eigenvalue weighted by Gasteiger charge is -2.39. The second-order valence-corrected chi connectivity index (χ2v) is 12.9. The number of hydrogen-bond acceptors (Lipinski definition) is 4. The highest BCUT2D eigenvalue weighted by Crippen LogP contribution is 2.53. The minimum Gasteiger partial charge on any atom is -0.332 e. The first-order valence-corrected chi connectivity index (χ1v) is 13.1. The van der Waals surface area contributed by atoms with Crippen molar-refractivity contribution in [2.45, 2.75) is 51.0 Å². The van der Waals surface area contributed by atoms with Crippen LogP contribution in [0.3, 0.4) is 0 Å². The van der Waals surface area contributed by atoms with E-state index >= 15 is 0 Å². The van der Waals surface area contributed by atoms with Crippen molar-refractivity contribution in [2.24, 2.45) is 10.8 Å². The standard InChI is InChI=1S/C26H32FN3O4S/c1-25(2)13-21-14-26(3,16-25)17-30(21)35(33,34)22-10-5-7-18(11-22)24(32)29(4)15-23(31)28-20-9-6-8-19(27)12-20/h5-12,21H,13-17H2,1-4H3,(H,28,31)/t21-,26-/m1/s1. The van der Waals surface area contributed by atoms with Crippen molar-refractivity contribution in [1.82, 2.24) is 9.21 Å². The molecule has 2 amide bonds. The summed E-state index contributed by atoms with van der Waals surface area (Å²) in [5.41, 5.74) is 0.494. The van der Waals surface area contributed by atoms with Gasteiger partial charge in [-0.3, -0.25) is 9.59 Å². The summed E-state index contributed by atoms with van der Waals surface area (Å²) < 4.78 is 42.1. The van der Waals surface area contributed by atoms with E-state index in [1.807, 2.05) is 0 Å². The summed E-state index contributed by atoms with van der Waals surface area (Å²) in [7, 11) is -2.32. The second kappa shape index (κ2) is 9.02. The molecule has 0 aromatic heterocycles. The number of carbonyl (C=O) groups is 2. The van der Waals surface area contributed by atoms with Crippen LogP contribution in [0.15, 0.2) is 53.4 Å². The summed E-state index contributed by atoms with van der Waals surface area (Å²) in [5, 5.41) is 2.55. The van der Waals surface area contributed by atoms with Gasteiger partial charge in [0.2, 0.25) is 15.9 Å². The molecule has 35 heavy (non-hydrogen) atoms. The summed E-state index contributed by atoms with van der Waals surface area (Å²) in [4.78, 5) is 26.6. The highest BCUT2D eigenvalue weighted by Gasteiger charge is 2.53. The third-order valence-corrected chi connectivity index (χ3v) is 8.78. The second-order valence-electron chi connectivity index (χ2n) is 11.0. The zero-order chi connectivity index (χ0) is 25.6. The van der Waals surface area contributed by atoms with E-state index in [0.29, 0.717) is 6.54 Å². The van der Waals surface area contributed by atoms with Gasteiger partial charge in [-0.05, 0) is 66.5 Å². The molecule has 7 nitrogen and oxygen atoms in total. The molecule has 1 saturated heterocycles. The van der Waals surface area contributed by atoms with Crippen LogP contribution in [0.4, 0.5) is 10.1 Å². The van der Waals surface area contributed by atoms with Gasteiger partial charge in [0.1, 0.15) is 5.82 Å². The molecule has 188 valence electrons. The third-order valence-electron chi connectivity index (χ3n) is 6.89. The van der Waals surface area contributed by atoms with Crippen molar-refractivity contribution in [3.05, 3.63) is 59.9 Å². The molecule has 1 heterocycles. The van der Waals surface area contributed by atoms with E-state index in [0.717, 1.165) is 19.3 Å². The lowest BCUT2D eigenvalue weighted by molar-refractivity contribution is -0.116. The summed E-state index contributed by atoms with van der Waals surface area (Å²) in [6.07, 6.45) is 2.63. The molecule has 2 fully saturated rings. The molecule has 2 aromatic rings. The van der Waals surface area contributed by atoms with Gasteiger partial charge in [0.25, 0.3) is 5.91 Å². The maximum Gasteiger partial charge on any atom is 0.254 e. The monoisotopic (exact) mass is 501 g/mol.